The van der Waals surface area contributed by atoms with Crippen LogP contribution in [0.25, 0.3) is 0 Å². The van der Waals surface area contributed by atoms with Crippen LogP contribution in [0, 0.1) is 6.92 Å². The van der Waals surface area contributed by atoms with Crippen LogP contribution >= 0.6 is 12.2 Å². The third kappa shape index (κ3) is 3.71. The lowest BCUT2D eigenvalue weighted by Gasteiger charge is -2.35. The standard InChI is InChI=1S/C24H26N2O2S/c1-17-7-9-19(10-8-17)22(27)26-23(29)21(18-11-13-20(28-2)14-12-18)25-24(26)15-5-3-4-6-16-24/h7-14H,3-6,15-16H2,1-2H3. The minimum Gasteiger partial charge on any atom is -0.497 e. The number of hydrogen-bond acceptors (Lipinski definition) is 4. The molecule has 1 aliphatic heterocycles. The van der Waals surface area contributed by atoms with Crippen LogP contribution in [-0.2, 0) is 0 Å². The van der Waals surface area contributed by atoms with E-state index < -0.39 is 5.66 Å². The number of ether oxygens (including phenoxy) is 1. The molecule has 1 aliphatic carbocycles. The molecule has 0 atom stereocenters. The molecule has 1 heterocycles. The molecule has 2 aliphatic rings. The number of benzene rings is 2. The lowest BCUT2D eigenvalue weighted by molar-refractivity contribution is 0.0692. The first-order chi connectivity index (χ1) is 14.0. The Labute approximate surface area is 177 Å². The normalized spacial score (nSPS) is 18.5. The van der Waals surface area contributed by atoms with Crippen LogP contribution in [0.2, 0.25) is 0 Å². The van der Waals surface area contributed by atoms with Gasteiger partial charge in [0.2, 0.25) is 0 Å². The number of aliphatic imine (C=N–C) groups is 1. The number of amides is 1. The first-order valence-electron chi connectivity index (χ1n) is 10.2. The zero-order valence-corrected chi connectivity index (χ0v) is 17.8. The van der Waals surface area contributed by atoms with Gasteiger partial charge >= 0.3 is 0 Å². The first-order valence-corrected chi connectivity index (χ1v) is 10.6. The fourth-order valence-electron chi connectivity index (χ4n) is 4.27. The predicted molar refractivity (Wildman–Crippen MR) is 120 cm³/mol. The molecule has 1 saturated carbocycles. The summed E-state index contributed by atoms with van der Waals surface area (Å²) in [6, 6.07) is 15.5. The second kappa shape index (κ2) is 8.07. The van der Waals surface area contributed by atoms with E-state index in [9.17, 15) is 4.79 Å². The number of thiocarbonyl (C=S) groups is 1. The molecule has 4 rings (SSSR count). The SMILES string of the molecule is COc1ccc(C2=NC3(CCCCCC3)N(C(=O)c3ccc(C)cc3)C2=S)cc1. The van der Waals surface area contributed by atoms with Crippen LogP contribution < -0.4 is 4.74 Å². The molecule has 2 aromatic carbocycles. The third-order valence-electron chi connectivity index (χ3n) is 5.91. The van der Waals surface area contributed by atoms with Crippen LogP contribution in [0.15, 0.2) is 53.5 Å². The van der Waals surface area contributed by atoms with Crippen LogP contribution in [0.4, 0.5) is 0 Å². The fraction of sp³-hybridized carbons (Fsp3) is 0.375. The van der Waals surface area contributed by atoms with E-state index in [1.54, 1.807) is 12.0 Å². The topological polar surface area (TPSA) is 41.9 Å². The summed E-state index contributed by atoms with van der Waals surface area (Å²) in [4.78, 5) is 21.0. The lowest BCUT2D eigenvalue weighted by atomic mass is 9.98. The molecule has 1 amide bonds. The Morgan fingerprint density at radius 3 is 2.21 bits per heavy atom. The minimum absolute atomic E-state index is 0.0517. The van der Waals surface area contributed by atoms with Crippen molar-refractivity contribution in [3.8, 4) is 5.75 Å². The molecule has 0 aromatic heterocycles. The van der Waals surface area contributed by atoms with Crippen molar-refractivity contribution in [1.29, 1.82) is 0 Å². The van der Waals surface area contributed by atoms with Gasteiger partial charge in [0.1, 0.15) is 22.1 Å². The van der Waals surface area contributed by atoms with E-state index in [0.717, 1.165) is 48.3 Å². The van der Waals surface area contributed by atoms with E-state index in [4.69, 9.17) is 21.9 Å². The molecule has 29 heavy (non-hydrogen) atoms. The Hall–Kier alpha value is -2.53. The minimum atomic E-state index is -0.565. The first kappa shape index (κ1) is 19.8. The van der Waals surface area contributed by atoms with Crippen LogP contribution in [0.3, 0.4) is 0 Å². The summed E-state index contributed by atoms with van der Waals surface area (Å²) in [6.45, 7) is 2.02. The number of methoxy groups -OCH3 is 1. The number of hydrogen-bond donors (Lipinski definition) is 0. The quantitative estimate of drug-likeness (QED) is 0.647. The van der Waals surface area contributed by atoms with E-state index in [1.807, 2.05) is 55.5 Å². The van der Waals surface area contributed by atoms with Gasteiger partial charge in [-0.1, -0.05) is 42.8 Å². The van der Waals surface area contributed by atoms with E-state index >= 15 is 0 Å². The Balaban J connectivity index is 1.75. The number of nitrogens with zero attached hydrogens (tertiary/aromatic N) is 2. The number of carbonyl (C=O) groups is 1. The Bertz CT molecular complexity index is 940. The summed E-state index contributed by atoms with van der Waals surface area (Å²) in [6.07, 6.45) is 6.16. The van der Waals surface area contributed by atoms with Crippen molar-refractivity contribution < 1.29 is 9.53 Å². The maximum Gasteiger partial charge on any atom is 0.260 e. The van der Waals surface area contributed by atoms with Crippen molar-refractivity contribution in [2.45, 2.75) is 51.1 Å². The second-order valence-corrected chi connectivity index (χ2v) is 8.28. The van der Waals surface area contributed by atoms with Gasteiger partial charge in [0.25, 0.3) is 5.91 Å². The average molecular weight is 407 g/mol. The maximum absolute atomic E-state index is 13.6. The third-order valence-corrected chi connectivity index (χ3v) is 6.29. The highest BCUT2D eigenvalue weighted by atomic mass is 32.1. The summed E-state index contributed by atoms with van der Waals surface area (Å²) in [5.41, 5.74) is 2.89. The zero-order valence-electron chi connectivity index (χ0n) is 17.0. The number of rotatable bonds is 3. The summed E-state index contributed by atoms with van der Waals surface area (Å²) < 4.78 is 5.27. The monoisotopic (exact) mass is 406 g/mol. The van der Waals surface area contributed by atoms with Crippen molar-refractivity contribution in [3.05, 3.63) is 65.2 Å². The molecule has 0 N–H and O–H groups in total. The van der Waals surface area contributed by atoms with E-state index in [-0.39, 0.29) is 5.91 Å². The van der Waals surface area contributed by atoms with Crippen LogP contribution in [0.1, 0.15) is 60.0 Å². The molecular weight excluding hydrogens is 380 g/mol. The predicted octanol–water partition coefficient (Wildman–Crippen LogP) is 5.33. The van der Waals surface area contributed by atoms with Gasteiger partial charge in [0.05, 0.1) is 7.11 Å². The highest BCUT2D eigenvalue weighted by molar-refractivity contribution is 7.82. The fourth-order valence-corrected chi connectivity index (χ4v) is 4.69. The van der Waals surface area contributed by atoms with E-state index in [1.165, 1.54) is 12.8 Å². The van der Waals surface area contributed by atoms with Gasteiger partial charge in [0.15, 0.2) is 0 Å². The Morgan fingerprint density at radius 1 is 1.00 bits per heavy atom. The second-order valence-electron chi connectivity index (χ2n) is 7.90. The molecule has 5 heteroatoms. The average Bonchev–Trinajstić information content (AvgIpc) is 2.87. The van der Waals surface area contributed by atoms with Crippen LogP contribution in [-0.4, -0.2) is 34.3 Å². The number of aryl methyl sites for hydroxylation is 1. The molecule has 1 spiro atoms. The van der Waals surface area contributed by atoms with Crippen molar-refractivity contribution in [1.82, 2.24) is 4.90 Å². The van der Waals surface area contributed by atoms with E-state index in [2.05, 4.69) is 0 Å². The molecular formula is C24H26N2O2S. The van der Waals surface area contributed by atoms with Gasteiger partial charge in [-0.15, -0.1) is 0 Å². The molecule has 0 radical (unpaired) electrons. The van der Waals surface area contributed by atoms with Gasteiger partial charge < -0.3 is 4.74 Å². The highest BCUT2D eigenvalue weighted by Crippen LogP contribution is 2.40. The van der Waals surface area contributed by atoms with Gasteiger partial charge in [-0.3, -0.25) is 14.7 Å². The lowest BCUT2D eigenvalue weighted by Crippen LogP contribution is -2.49. The zero-order chi connectivity index (χ0) is 20.4. The summed E-state index contributed by atoms with van der Waals surface area (Å²) in [5.74, 6) is 0.735. The Morgan fingerprint density at radius 2 is 1.62 bits per heavy atom. The van der Waals surface area contributed by atoms with Gasteiger partial charge in [-0.05, 0) is 69.0 Å². The number of carbonyl (C=O) groups excluding carboxylic acids is 1. The molecule has 2 aromatic rings. The highest BCUT2D eigenvalue weighted by Gasteiger charge is 2.48. The van der Waals surface area contributed by atoms with Crippen molar-refractivity contribution >= 4 is 28.8 Å². The van der Waals surface area contributed by atoms with Crippen molar-refractivity contribution in [3.63, 3.8) is 0 Å². The van der Waals surface area contributed by atoms with Gasteiger partial charge in [-0.25, -0.2) is 0 Å². The van der Waals surface area contributed by atoms with Gasteiger partial charge in [0, 0.05) is 11.1 Å². The smallest absolute Gasteiger partial charge is 0.260 e. The molecule has 150 valence electrons. The van der Waals surface area contributed by atoms with E-state index in [0.29, 0.717) is 10.6 Å². The van der Waals surface area contributed by atoms with Gasteiger partial charge in [-0.2, -0.15) is 0 Å². The molecule has 0 saturated heterocycles. The molecule has 0 bridgehead atoms. The molecule has 4 nitrogen and oxygen atoms in total. The van der Waals surface area contributed by atoms with Crippen molar-refractivity contribution in [2.24, 2.45) is 4.99 Å². The van der Waals surface area contributed by atoms with Crippen LogP contribution in [0.5, 0.6) is 5.75 Å². The summed E-state index contributed by atoms with van der Waals surface area (Å²) in [5, 5.41) is 0. The summed E-state index contributed by atoms with van der Waals surface area (Å²) >= 11 is 5.85. The largest absolute Gasteiger partial charge is 0.497 e. The molecule has 1 fully saturated rings. The maximum atomic E-state index is 13.6. The Kier molecular flexibility index (Phi) is 5.50. The van der Waals surface area contributed by atoms with Crippen molar-refractivity contribution in [2.75, 3.05) is 7.11 Å². The summed E-state index contributed by atoms with van der Waals surface area (Å²) in [7, 11) is 1.65. The molecule has 0 unspecified atom stereocenters.